The highest BCUT2D eigenvalue weighted by molar-refractivity contribution is 5.77. The molecule has 0 aliphatic carbocycles. The van der Waals surface area contributed by atoms with Crippen molar-refractivity contribution in [3.8, 4) is 0 Å². The first-order valence-corrected chi connectivity index (χ1v) is 4.02. The molecule has 0 aliphatic rings. The van der Waals surface area contributed by atoms with Gasteiger partial charge in [-0.2, -0.15) is 0 Å². The smallest absolute Gasteiger partial charge is 0.152 e. The Morgan fingerprint density at radius 1 is 1.17 bits per heavy atom. The molecule has 0 bridgehead atoms. The van der Waals surface area contributed by atoms with Crippen LogP contribution in [0.2, 0.25) is 0 Å². The summed E-state index contributed by atoms with van der Waals surface area (Å²) in [6.45, 7) is 5.99. The van der Waals surface area contributed by atoms with Gasteiger partial charge in [0.05, 0.1) is 0 Å². The Hall–Kier alpha value is -1.31. The van der Waals surface area contributed by atoms with E-state index in [1.807, 2.05) is 32.9 Å². The molecule has 0 radical (unpaired) electrons. The lowest BCUT2D eigenvalue weighted by Gasteiger charge is -1.90. The van der Waals surface area contributed by atoms with Gasteiger partial charge in [-0.1, -0.05) is 0 Å². The van der Waals surface area contributed by atoms with Crippen LogP contribution in [-0.4, -0.2) is 4.98 Å². The van der Waals surface area contributed by atoms with Crippen LogP contribution in [0.25, 0.3) is 11.1 Å². The van der Waals surface area contributed by atoms with Crippen LogP contribution < -0.4 is 0 Å². The zero-order valence-corrected chi connectivity index (χ0v) is 7.51. The lowest BCUT2D eigenvalue weighted by molar-refractivity contribution is 0.574. The molecule has 0 saturated heterocycles. The van der Waals surface area contributed by atoms with E-state index in [4.69, 9.17) is 4.42 Å². The predicted octanol–water partition coefficient (Wildman–Crippen LogP) is 2.75. The zero-order chi connectivity index (χ0) is 8.72. The van der Waals surface area contributed by atoms with Crippen LogP contribution in [0.5, 0.6) is 0 Å². The van der Waals surface area contributed by atoms with E-state index in [1.54, 1.807) is 0 Å². The van der Waals surface area contributed by atoms with Gasteiger partial charge in [-0.25, -0.2) is 4.98 Å². The minimum atomic E-state index is 0.885. The Balaban J connectivity index is 2.88. The molecule has 0 unspecified atom stereocenters. The Bertz CT molecular complexity index is 429. The second-order valence-electron chi connectivity index (χ2n) is 3.08. The quantitative estimate of drug-likeness (QED) is 0.593. The van der Waals surface area contributed by atoms with Gasteiger partial charge in [0.2, 0.25) is 0 Å². The Morgan fingerprint density at radius 2 is 1.92 bits per heavy atom. The van der Waals surface area contributed by atoms with Gasteiger partial charge < -0.3 is 4.42 Å². The largest absolute Gasteiger partial charge is 0.459 e. The lowest BCUT2D eigenvalue weighted by Crippen LogP contribution is -1.80. The van der Waals surface area contributed by atoms with E-state index in [2.05, 4.69) is 4.98 Å². The van der Waals surface area contributed by atoms with Crippen LogP contribution in [0.15, 0.2) is 16.5 Å². The van der Waals surface area contributed by atoms with E-state index in [-0.39, 0.29) is 0 Å². The number of furan rings is 1. The molecule has 0 fully saturated rings. The number of aromatic nitrogens is 1. The van der Waals surface area contributed by atoms with Crippen molar-refractivity contribution < 1.29 is 4.42 Å². The van der Waals surface area contributed by atoms with Crippen LogP contribution in [0.4, 0.5) is 0 Å². The van der Waals surface area contributed by atoms with E-state index in [9.17, 15) is 0 Å². The van der Waals surface area contributed by atoms with Crippen LogP contribution in [0.1, 0.15) is 17.0 Å². The standard InChI is InChI=1S/C10H11NO/c1-6-4-5-9-10(11-6)7(2)8(3)12-9/h4-5H,1-3H3. The van der Waals surface area contributed by atoms with Crippen molar-refractivity contribution in [3.05, 3.63) is 29.2 Å². The molecule has 0 amide bonds. The first-order valence-electron chi connectivity index (χ1n) is 4.02. The lowest BCUT2D eigenvalue weighted by atomic mass is 10.2. The van der Waals surface area contributed by atoms with Gasteiger partial charge in [0.1, 0.15) is 11.3 Å². The van der Waals surface area contributed by atoms with Crippen LogP contribution in [-0.2, 0) is 0 Å². The molecule has 0 spiro atoms. The molecule has 62 valence electrons. The molecule has 2 rings (SSSR count). The average molecular weight is 161 g/mol. The number of pyridine rings is 1. The Morgan fingerprint density at radius 3 is 2.67 bits per heavy atom. The summed E-state index contributed by atoms with van der Waals surface area (Å²) >= 11 is 0. The van der Waals surface area contributed by atoms with Crippen molar-refractivity contribution >= 4 is 11.1 Å². The third kappa shape index (κ3) is 0.916. The summed E-state index contributed by atoms with van der Waals surface area (Å²) in [4.78, 5) is 4.40. The fraction of sp³-hybridized carbons (Fsp3) is 0.300. The van der Waals surface area contributed by atoms with Gasteiger partial charge >= 0.3 is 0 Å². The van der Waals surface area contributed by atoms with Gasteiger partial charge in [-0.15, -0.1) is 0 Å². The topological polar surface area (TPSA) is 26.0 Å². The number of nitrogens with zero attached hydrogens (tertiary/aromatic N) is 1. The molecule has 0 saturated carbocycles. The minimum absolute atomic E-state index is 0.885. The SMILES string of the molecule is Cc1ccc2oc(C)c(C)c2n1. The highest BCUT2D eigenvalue weighted by Gasteiger charge is 2.06. The summed E-state index contributed by atoms with van der Waals surface area (Å²) in [7, 11) is 0. The first-order chi connectivity index (χ1) is 5.68. The van der Waals surface area contributed by atoms with Crippen molar-refractivity contribution in [2.45, 2.75) is 20.8 Å². The Labute approximate surface area is 71.2 Å². The number of fused-ring (bicyclic) bond motifs is 1. The number of rotatable bonds is 0. The molecule has 2 nitrogen and oxygen atoms in total. The van der Waals surface area contributed by atoms with E-state index in [0.717, 1.165) is 28.1 Å². The number of hydrogen-bond donors (Lipinski definition) is 0. The highest BCUT2D eigenvalue weighted by atomic mass is 16.3. The van der Waals surface area contributed by atoms with Gasteiger partial charge in [0, 0.05) is 11.3 Å². The van der Waals surface area contributed by atoms with Crippen molar-refractivity contribution in [3.63, 3.8) is 0 Å². The van der Waals surface area contributed by atoms with Crippen LogP contribution in [0, 0.1) is 20.8 Å². The number of hydrogen-bond acceptors (Lipinski definition) is 2. The molecule has 2 heterocycles. The first kappa shape index (κ1) is 7.35. The van der Waals surface area contributed by atoms with E-state index >= 15 is 0 Å². The fourth-order valence-corrected chi connectivity index (χ4v) is 1.30. The third-order valence-electron chi connectivity index (χ3n) is 2.14. The van der Waals surface area contributed by atoms with Gasteiger partial charge in [0.25, 0.3) is 0 Å². The van der Waals surface area contributed by atoms with Crippen molar-refractivity contribution in [2.24, 2.45) is 0 Å². The molecule has 12 heavy (non-hydrogen) atoms. The summed E-state index contributed by atoms with van der Waals surface area (Å²) in [5, 5.41) is 0. The minimum Gasteiger partial charge on any atom is -0.459 e. The van der Waals surface area contributed by atoms with Crippen molar-refractivity contribution in [2.75, 3.05) is 0 Å². The average Bonchev–Trinajstić information content (AvgIpc) is 2.31. The van der Waals surface area contributed by atoms with Gasteiger partial charge in [-0.05, 0) is 32.9 Å². The molecule has 0 aliphatic heterocycles. The molecular weight excluding hydrogens is 150 g/mol. The van der Waals surface area contributed by atoms with Gasteiger partial charge in [0.15, 0.2) is 5.58 Å². The number of aryl methyl sites for hydroxylation is 3. The summed E-state index contributed by atoms with van der Waals surface area (Å²) in [6, 6.07) is 3.93. The fourth-order valence-electron chi connectivity index (χ4n) is 1.30. The molecule has 0 N–H and O–H groups in total. The maximum Gasteiger partial charge on any atom is 0.152 e. The maximum atomic E-state index is 5.49. The summed E-state index contributed by atoms with van der Waals surface area (Å²) in [6.07, 6.45) is 0. The summed E-state index contributed by atoms with van der Waals surface area (Å²) in [5.41, 5.74) is 4.06. The normalized spacial score (nSPS) is 10.9. The Kier molecular flexibility index (Phi) is 1.43. The summed E-state index contributed by atoms with van der Waals surface area (Å²) in [5.74, 6) is 0.961. The second-order valence-corrected chi connectivity index (χ2v) is 3.08. The van der Waals surface area contributed by atoms with Crippen LogP contribution in [0.3, 0.4) is 0 Å². The predicted molar refractivity (Wildman–Crippen MR) is 48.2 cm³/mol. The molecular formula is C10H11NO. The van der Waals surface area contributed by atoms with E-state index < -0.39 is 0 Å². The monoisotopic (exact) mass is 161 g/mol. The molecule has 0 aromatic carbocycles. The van der Waals surface area contributed by atoms with Crippen LogP contribution >= 0.6 is 0 Å². The maximum absolute atomic E-state index is 5.49. The highest BCUT2D eigenvalue weighted by Crippen LogP contribution is 2.22. The molecule has 0 atom stereocenters. The second kappa shape index (κ2) is 2.34. The zero-order valence-electron chi connectivity index (χ0n) is 7.51. The van der Waals surface area contributed by atoms with Crippen molar-refractivity contribution in [1.29, 1.82) is 0 Å². The molecule has 2 aromatic heterocycles. The molecule has 2 aromatic rings. The van der Waals surface area contributed by atoms with E-state index in [0.29, 0.717) is 0 Å². The third-order valence-corrected chi connectivity index (χ3v) is 2.14. The van der Waals surface area contributed by atoms with E-state index in [1.165, 1.54) is 0 Å². The van der Waals surface area contributed by atoms with Gasteiger partial charge in [-0.3, -0.25) is 0 Å². The summed E-state index contributed by atoms with van der Waals surface area (Å²) < 4.78 is 5.49. The molecule has 2 heteroatoms. The van der Waals surface area contributed by atoms with Crippen molar-refractivity contribution in [1.82, 2.24) is 4.98 Å².